The van der Waals surface area contributed by atoms with Gasteiger partial charge in [-0.2, -0.15) is 5.10 Å². The number of halogens is 1. The number of nitrogens with one attached hydrogen (secondary N) is 1. The lowest BCUT2D eigenvalue weighted by atomic mass is 9.93. The van der Waals surface area contributed by atoms with E-state index in [1.807, 2.05) is 103 Å². The van der Waals surface area contributed by atoms with Gasteiger partial charge in [-0.3, -0.25) is 0 Å². The molecule has 7 rings (SSSR count). The molecule has 41 heavy (non-hydrogen) atoms. The van der Waals surface area contributed by atoms with Gasteiger partial charge in [0.15, 0.2) is 17.5 Å². The fourth-order valence-corrected chi connectivity index (χ4v) is 5.61. The number of rotatable bonds is 5. The maximum atomic E-state index is 6.34. The van der Waals surface area contributed by atoms with Crippen LogP contribution in [0, 0.1) is 6.92 Å². The van der Waals surface area contributed by atoms with Gasteiger partial charge in [0, 0.05) is 10.6 Å². The highest BCUT2D eigenvalue weighted by atomic mass is 35.5. The van der Waals surface area contributed by atoms with Gasteiger partial charge in [0.2, 0.25) is 0 Å². The van der Waals surface area contributed by atoms with Crippen LogP contribution < -0.4 is 15.0 Å². The van der Waals surface area contributed by atoms with Crippen molar-refractivity contribution in [2.24, 2.45) is 9.98 Å². The lowest BCUT2D eigenvalue weighted by molar-refractivity contribution is 0.342. The minimum Gasteiger partial charge on any atom is -0.492 e. The van der Waals surface area contributed by atoms with Gasteiger partial charge in [-0.25, -0.2) is 14.7 Å². The Labute approximate surface area is 243 Å². The maximum absolute atomic E-state index is 6.34. The van der Waals surface area contributed by atoms with E-state index in [9.17, 15) is 0 Å². The van der Waals surface area contributed by atoms with Crippen LogP contribution in [0.4, 0.5) is 22.9 Å². The second-order valence-corrected chi connectivity index (χ2v) is 10.3. The van der Waals surface area contributed by atoms with Crippen LogP contribution in [-0.2, 0) is 0 Å². The van der Waals surface area contributed by atoms with Gasteiger partial charge in [-0.15, -0.1) is 0 Å². The zero-order valence-electron chi connectivity index (χ0n) is 22.6. The van der Waals surface area contributed by atoms with Gasteiger partial charge < -0.3 is 15.0 Å². The van der Waals surface area contributed by atoms with Crippen molar-refractivity contribution >= 4 is 46.2 Å². The molecular formula is C33H27ClN6O. The van der Waals surface area contributed by atoms with E-state index in [1.54, 1.807) is 0 Å². The van der Waals surface area contributed by atoms with E-state index < -0.39 is 0 Å². The summed E-state index contributed by atoms with van der Waals surface area (Å²) in [5, 5.41) is 9.23. The van der Waals surface area contributed by atoms with Crippen LogP contribution in [0.1, 0.15) is 29.8 Å². The molecule has 0 saturated heterocycles. The van der Waals surface area contributed by atoms with Crippen molar-refractivity contribution in [2.75, 3.05) is 16.8 Å². The third-order valence-corrected chi connectivity index (χ3v) is 7.52. The Kier molecular flexibility index (Phi) is 6.29. The van der Waals surface area contributed by atoms with Gasteiger partial charge >= 0.3 is 0 Å². The summed E-state index contributed by atoms with van der Waals surface area (Å²) in [6.45, 7) is 4.57. The topological polar surface area (TPSA) is 67.0 Å². The van der Waals surface area contributed by atoms with Crippen LogP contribution in [0.2, 0.25) is 5.02 Å². The molecule has 0 saturated carbocycles. The predicted octanol–water partition coefficient (Wildman–Crippen LogP) is 8.03. The summed E-state index contributed by atoms with van der Waals surface area (Å²) in [5.41, 5.74) is 6.58. The van der Waals surface area contributed by atoms with Crippen LogP contribution in [0.5, 0.6) is 5.75 Å². The van der Waals surface area contributed by atoms with Crippen molar-refractivity contribution in [1.82, 2.24) is 9.78 Å². The molecule has 1 N–H and O–H groups in total. The average Bonchev–Trinajstić information content (AvgIpc) is 3.34. The highest BCUT2D eigenvalue weighted by Gasteiger charge is 2.41. The number of aryl methyl sites for hydroxylation is 1. The van der Waals surface area contributed by atoms with Crippen LogP contribution in [0.25, 0.3) is 5.69 Å². The van der Waals surface area contributed by atoms with Gasteiger partial charge in [0.05, 0.1) is 41.1 Å². The quantitative estimate of drug-likeness (QED) is 0.237. The molecule has 0 bridgehead atoms. The van der Waals surface area contributed by atoms with Crippen LogP contribution in [0.3, 0.4) is 0 Å². The molecule has 0 amide bonds. The molecule has 1 atom stereocenters. The summed E-state index contributed by atoms with van der Waals surface area (Å²) < 4.78 is 7.85. The molecule has 4 aromatic carbocycles. The second kappa shape index (κ2) is 10.3. The molecule has 2 aliphatic heterocycles. The van der Waals surface area contributed by atoms with Gasteiger partial charge in [-0.05, 0) is 67.9 Å². The first kappa shape index (κ1) is 25.1. The number of hydrogen-bond donors (Lipinski definition) is 1. The van der Waals surface area contributed by atoms with E-state index in [2.05, 4.69) is 28.4 Å². The number of aliphatic imine (C=N–C) groups is 2. The monoisotopic (exact) mass is 558 g/mol. The van der Waals surface area contributed by atoms with E-state index in [4.69, 9.17) is 31.4 Å². The molecule has 0 radical (unpaired) electrons. The second-order valence-electron chi connectivity index (χ2n) is 9.83. The smallest absolute Gasteiger partial charge is 0.179 e. The molecule has 3 heterocycles. The van der Waals surface area contributed by atoms with Crippen molar-refractivity contribution in [2.45, 2.75) is 19.9 Å². The highest BCUT2D eigenvalue weighted by Crippen LogP contribution is 2.48. The Morgan fingerprint density at radius 3 is 2.39 bits per heavy atom. The fourth-order valence-electron chi connectivity index (χ4n) is 5.49. The van der Waals surface area contributed by atoms with Crippen molar-refractivity contribution in [1.29, 1.82) is 0 Å². The third-order valence-electron chi connectivity index (χ3n) is 7.26. The first-order chi connectivity index (χ1) is 20.1. The molecule has 1 aromatic heterocycles. The van der Waals surface area contributed by atoms with Crippen molar-refractivity contribution < 1.29 is 4.74 Å². The zero-order valence-corrected chi connectivity index (χ0v) is 23.4. The molecule has 8 heteroatoms. The highest BCUT2D eigenvalue weighted by molar-refractivity contribution is 6.51. The van der Waals surface area contributed by atoms with Crippen LogP contribution in [0.15, 0.2) is 113 Å². The lowest BCUT2D eigenvalue weighted by Gasteiger charge is -2.40. The van der Waals surface area contributed by atoms with Crippen molar-refractivity contribution in [3.8, 4) is 11.4 Å². The van der Waals surface area contributed by atoms with E-state index in [1.165, 1.54) is 0 Å². The fraction of sp³-hybridized carbons (Fsp3) is 0.121. The first-order valence-electron chi connectivity index (χ1n) is 13.6. The normalized spacial score (nSPS) is 15.3. The van der Waals surface area contributed by atoms with Crippen molar-refractivity contribution in [3.63, 3.8) is 0 Å². The zero-order chi connectivity index (χ0) is 27.9. The van der Waals surface area contributed by atoms with E-state index in [0.29, 0.717) is 23.3 Å². The first-order valence-corrected chi connectivity index (χ1v) is 14.0. The summed E-state index contributed by atoms with van der Waals surface area (Å²) in [5.74, 6) is 2.84. The van der Waals surface area contributed by atoms with Crippen LogP contribution in [-0.4, -0.2) is 28.1 Å². The number of aromatic nitrogens is 2. The lowest BCUT2D eigenvalue weighted by Crippen LogP contribution is -2.46. The van der Waals surface area contributed by atoms with Crippen LogP contribution >= 0.6 is 11.6 Å². The predicted molar refractivity (Wildman–Crippen MR) is 166 cm³/mol. The number of anilines is 2. The molecule has 202 valence electrons. The Morgan fingerprint density at radius 2 is 1.59 bits per heavy atom. The van der Waals surface area contributed by atoms with E-state index in [0.717, 1.165) is 51.1 Å². The number of ether oxygens (including phenoxy) is 1. The Bertz CT molecular complexity index is 1810. The number of para-hydroxylation sites is 5. The molecule has 2 aliphatic rings. The largest absolute Gasteiger partial charge is 0.492 e. The Hall–Kier alpha value is -4.88. The molecule has 0 fully saturated rings. The Morgan fingerprint density at radius 1 is 0.854 bits per heavy atom. The average molecular weight is 559 g/mol. The standard InChI is InChI=1S/C33H27ClN6O/c1-3-41-28-16-10-8-14-26(28)36-31-33-37-32-29(21(2)38-40(32)24-11-5-4-6-12-24)30(22-17-19-23(34)20-18-22)39(33)27-15-9-7-13-25(27)35-31/h4-20,30H,3H2,1-2H3,(H,35,36)/t30-/m0/s1. The summed E-state index contributed by atoms with van der Waals surface area (Å²) in [6.07, 6.45) is 0. The number of fused-ring (bicyclic) bond motifs is 4. The van der Waals surface area contributed by atoms with E-state index >= 15 is 0 Å². The maximum Gasteiger partial charge on any atom is 0.179 e. The summed E-state index contributed by atoms with van der Waals surface area (Å²) in [6, 6.07) is 33.9. The summed E-state index contributed by atoms with van der Waals surface area (Å²) in [7, 11) is 0. The molecule has 5 aromatic rings. The van der Waals surface area contributed by atoms with Gasteiger partial charge in [0.25, 0.3) is 0 Å². The number of amidine groups is 2. The minimum absolute atomic E-state index is 0.220. The summed E-state index contributed by atoms with van der Waals surface area (Å²) >= 11 is 6.34. The number of hydrogen-bond acceptors (Lipinski definition) is 6. The number of benzene rings is 4. The molecule has 0 unspecified atom stereocenters. The third kappa shape index (κ3) is 4.35. The molecule has 0 aliphatic carbocycles. The van der Waals surface area contributed by atoms with Gasteiger partial charge in [0.1, 0.15) is 5.75 Å². The van der Waals surface area contributed by atoms with Crippen molar-refractivity contribution in [3.05, 3.63) is 125 Å². The SMILES string of the molecule is CCOc1ccccc1NC1=Nc2ccccc2N2C1=Nc1c(c(C)nn1-c1ccccc1)[C@@H]2c1ccc(Cl)cc1. The molecule has 0 spiro atoms. The molecule has 7 nitrogen and oxygen atoms in total. The van der Waals surface area contributed by atoms with E-state index in [-0.39, 0.29) is 6.04 Å². The minimum atomic E-state index is -0.220. The number of nitrogens with zero attached hydrogens (tertiary/aromatic N) is 5. The summed E-state index contributed by atoms with van der Waals surface area (Å²) in [4.78, 5) is 12.6. The Balaban J connectivity index is 1.48. The molecular weight excluding hydrogens is 532 g/mol. The van der Waals surface area contributed by atoms with Gasteiger partial charge in [-0.1, -0.05) is 66.2 Å².